The van der Waals surface area contributed by atoms with Crippen molar-refractivity contribution in [1.82, 2.24) is 10.3 Å². The summed E-state index contributed by atoms with van der Waals surface area (Å²) in [5.41, 5.74) is 4.34. The maximum absolute atomic E-state index is 13.6. The molecule has 28 heavy (non-hydrogen) atoms. The lowest BCUT2D eigenvalue weighted by Crippen LogP contribution is -2.29. The van der Waals surface area contributed by atoms with E-state index in [1.807, 2.05) is 24.3 Å². The largest absolute Gasteiger partial charge is 0.481 e. The Labute approximate surface area is 161 Å². The van der Waals surface area contributed by atoms with Crippen molar-refractivity contribution < 1.29 is 18.3 Å². The molecule has 1 heterocycles. The van der Waals surface area contributed by atoms with E-state index in [4.69, 9.17) is 9.72 Å². The van der Waals surface area contributed by atoms with Gasteiger partial charge in [0.25, 0.3) is 5.91 Å². The molecule has 1 aliphatic carbocycles. The zero-order chi connectivity index (χ0) is 19.5. The fourth-order valence-electron chi connectivity index (χ4n) is 3.65. The molecule has 0 aliphatic heterocycles. The number of aryl methyl sites for hydroxylation is 1. The van der Waals surface area contributed by atoms with E-state index < -0.39 is 11.6 Å². The molecule has 1 amide bonds. The van der Waals surface area contributed by atoms with Gasteiger partial charge in [0, 0.05) is 23.7 Å². The molecule has 0 atom stereocenters. The predicted molar refractivity (Wildman–Crippen MR) is 102 cm³/mol. The average molecular weight is 382 g/mol. The summed E-state index contributed by atoms with van der Waals surface area (Å²) in [6, 6.07) is 10.9. The molecule has 3 aromatic rings. The first-order chi connectivity index (χ1) is 13.6. The second-order valence-corrected chi connectivity index (χ2v) is 6.88. The van der Waals surface area contributed by atoms with E-state index in [1.54, 1.807) is 0 Å². The highest BCUT2D eigenvalue weighted by atomic mass is 19.1. The molecule has 2 aromatic carbocycles. The maximum Gasteiger partial charge on any atom is 0.258 e. The first-order valence-corrected chi connectivity index (χ1v) is 9.36. The first-order valence-electron chi connectivity index (χ1n) is 9.36. The minimum atomic E-state index is -0.831. The first kappa shape index (κ1) is 18.3. The van der Waals surface area contributed by atoms with Gasteiger partial charge in [-0.2, -0.15) is 0 Å². The van der Waals surface area contributed by atoms with Gasteiger partial charge in [0.15, 0.2) is 18.2 Å². The van der Waals surface area contributed by atoms with Crippen LogP contribution in [0.4, 0.5) is 8.78 Å². The minimum Gasteiger partial charge on any atom is -0.481 e. The van der Waals surface area contributed by atoms with Gasteiger partial charge in [0.2, 0.25) is 0 Å². The van der Waals surface area contributed by atoms with Crippen LogP contribution in [0.1, 0.15) is 29.7 Å². The third-order valence-electron chi connectivity index (χ3n) is 5.00. The van der Waals surface area contributed by atoms with Crippen LogP contribution in [0.5, 0.6) is 5.75 Å². The fourth-order valence-corrected chi connectivity index (χ4v) is 3.65. The summed E-state index contributed by atoms with van der Waals surface area (Å²) in [7, 11) is 0. The molecule has 1 aromatic heterocycles. The number of rotatable bonds is 5. The van der Waals surface area contributed by atoms with E-state index in [9.17, 15) is 13.6 Å². The van der Waals surface area contributed by atoms with Gasteiger partial charge in [-0.05, 0) is 55.0 Å². The summed E-state index contributed by atoms with van der Waals surface area (Å²) in [5, 5.41) is 3.89. The summed E-state index contributed by atoms with van der Waals surface area (Å²) < 4.78 is 31.7. The Balaban J connectivity index is 1.48. The highest BCUT2D eigenvalue weighted by Crippen LogP contribution is 2.29. The lowest BCUT2D eigenvalue weighted by Gasteiger charge is -2.21. The molecule has 0 saturated carbocycles. The van der Waals surface area contributed by atoms with Crippen LogP contribution in [0.25, 0.3) is 10.9 Å². The van der Waals surface area contributed by atoms with Crippen molar-refractivity contribution in [2.75, 3.05) is 6.61 Å². The number of benzene rings is 2. The van der Waals surface area contributed by atoms with Gasteiger partial charge >= 0.3 is 0 Å². The van der Waals surface area contributed by atoms with Gasteiger partial charge in [-0.1, -0.05) is 18.2 Å². The van der Waals surface area contributed by atoms with Crippen molar-refractivity contribution in [2.45, 2.75) is 32.2 Å². The van der Waals surface area contributed by atoms with Crippen LogP contribution >= 0.6 is 0 Å². The lowest BCUT2D eigenvalue weighted by molar-refractivity contribution is -0.123. The number of carbonyl (C=O) groups is 1. The fraction of sp³-hybridized carbons (Fsp3) is 0.273. The highest BCUT2D eigenvalue weighted by molar-refractivity contribution is 5.85. The number of pyridine rings is 1. The summed E-state index contributed by atoms with van der Waals surface area (Å²) in [6.07, 6.45) is 4.14. The number of carbonyl (C=O) groups excluding carboxylic acids is 1. The second kappa shape index (κ2) is 7.92. The van der Waals surface area contributed by atoms with E-state index in [2.05, 4.69) is 5.32 Å². The molecule has 0 spiro atoms. The lowest BCUT2D eigenvalue weighted by atomic mass is 9.90. The van der Waals surface area contributed by atoms with Crippen LogP contribution in [0.15, 0.2) is 42.5 Å². The molecular formula is C22H20F2N2O2. The normalized spacial score (nSPS) is 13.2. The van der Waals surface area contributed by atoms with Crippen molar-refractivity contribution >= 4 is 16.8 Å². The number of nitrogens with one attached hydrogen (secondary N) is 1. The number of para-hydroxylation sites is 1. The van der Waals surface area contributed by atoms with Crippen LogP contribution < -0.4 is 10.1 Å². The second-order valence-electron chi connectivity index (χ2n) is 6.88. The summed E-state index contributed by atoms with van der Waals surface area (Å²) in [5.74, 6) is -2.04. The molecule has 0 unspecified atom stereocenters. The number of aromatic nitrogens is 1. The van der Waals surface area contributed by atoms with Crippen molar-refractivity contribution in [3.05, 3.63) is 70.9 Å². The number of amides is 1. The van der Waals surface area contributed by atoms with Crippen LogP contribution in [0.3, 0.4) is 0 Å². The minimum absolute atomic E-state index is 0.150. The summed E-state index contributed by atoms with van der Waals surface area (Å²) in [6.45, 7) is 0.0211. The topological polar surface area (TPSA) is 51.2 Å². The molecule has 0 radical (unpaired) electrons. The number of nitrogens with zero attached hydrogens (tertiary/aromatic N) is 1. The SMILES string of the molecule is O=C(COc1ccc(F)cc1F)NCc1c2c(nc3ccccc13)CCCC2. The van der Waals surface area contributed by atoms with Gasteiger partial charge in [-0.3, -0.25) is 9.78 Å². The molecule has 0 saturated heterocycles. The van der Waals surface area contributed by atoms with Crippen molar-refractivity contribution in [2.24, 2.45) is 0 Å². The highest BCUT2D eigenvalue weighted by Gasteiger charge is 2.18. The molecule has 1 aliphatic rings. The summed E-state index contributed by atoms with van der Waals surface area (Å²) in [4.78, 5) is 17.0. The van der Waals surface area contributed by atoms with E-state index >= 15 is 0 Å². The molecule has 4 nitrogen and oxygen atoms in total. The van der Waals surface area contributed by atoms with E-state index in [1.165, 1.54) is 11.6 Å². The van der Waals surface area contributed by atoms with Gasteiger partial charge < -0.3 is 10.1 Å². The standard InChI is InChI=1S/C22H20F2N2O2/c23-14-9-10-21(18(24)11-14)28-13-22(27)25-12-17-15-5-1-3-7-19(15)26-20-8-4-2-6-16(17)20/h1,3,5,7,9-11H,2,4,6,8,12-13H2,(H,25,27). The van der Waals surface area contributed by atoms with Crippen LogP contribution in [0, 0.1) is 11.6 Å². The van der Waals surface area contributed by atoms with Gasteiger partial charge in [0.1, 0.15) is 5.82 Å². The van der Waals surface area contributed by atoms with Gasteiger partial charge in [0.05, 0.1) is 5.52 Å². The number of halogens is 2. The van der Waals surface area contributed by atoms with E-state index in [0.717, 1.165) is 60.0 Å². The van der Waals surface area contributed by atoms with Crippen molar-refractivity contribution in [1.29, 1.82) is 0 Å². The molecule has 4 rings (SSSR count). The van der Waals surface area contributed by atoms with Gasteiger partial charge in [-0.15, -0.1) is 0 Å². The molecule has 6 heteroatoms. The average Bonchev–Trinajstić information content (AvgIpc) is 2.70. The zero-order valence-electron chi connectivity index (χ0n) is 15.3. The Morgan fingerprint density at radius 2 is 1.93 bits per heavy atom. The third kappa shape index (κ3) is 3.81. The maximum atomic E-state index is 13.6. The summed E-state index contributed by atoms with van der Waals surface area (Å²) >= 11 is 0. The van der Waals surface area contributed by atoms with E-state index in [0.29, 0.717) is 6.54 Å². The van der Waals surface area contributed by atoms with Crippen molar-refractivity contribution in [3.8, 4) is 5.75 Å². The molecule has 1 N–H and O–H groups in total. The third-order valence-corrected chi connectivity index (χ3v) is 5.00. The zero-order valence-corrected chi connectivity index (χ0v) is 15.3. The Bertz CT molecular complexity index is 1040. The Morgan fingerprint density at radius 1 is 1.11 bits per heavy atom. The van der Waals surface area contributed by atoms with Gasteiger partial charge in [-0.25, -0.2) is 8.78 Å². The Kier molecular flexibility index (Phi) is 5.19. The number of hydrogen-bond donors (Lipinski definition) is 1. The number of fused-ring (bicyclic) bond motifs is 2. The Morgan fingerprint density at radius 3 is 2.79 bits per heavy atom. The van der Waals surface area contributed by atoms with Crippen LogP contribution in [-0.4, -0.2) is 17.5 Å². The quantitative estimate of drug-likeness (QED) is 0.723. The molecule has 144 valence electrons. The van der Waals surface area contributed by atoms with Crippen molar-refractivity contribution in [3.63, 3.8) is 0 Å². The smallest absolute Gasteiger partial charge is 0.258 e. The van der Waals surface area contributed by atoms with Crippen LogP contribution in [0.2, 0.25) is 0 Å². The Hall–Kier alpha value is -3.02. The predicted octanol–water partition coefficient (Wildman–Crippen LogP) is 4.09. The molecular weight excluding hydrogens is 362 g/mol. The molecule has 0 bridgehead atoms. The van der Waals surface area contributed by atoms with Crippen LogP contribution in [-0.2, 0) is 24.2 Å². The van der Waals surface area contributed by atoms with E-state index in [-0.39, 0.29) is 18.3 Å². The number of hydrogen-bond acceptors (Lipinski definition) is 3. The molecule has 0 fully saturated rings. The number of ether oxygens (including phenoxy) is 1. The monoisotopic (exact) mass is 382 g/mol.